The van der Waals surface area contributed by atoms with Crippen molar-refractivity contribution in [2.24, 2.45) is 0 Å². The molecule has 0 saturated heterocycles. The number of nitrogens with zero attached hydrogens (tertiary/aromatic N) is 3. The number of nitrogens with one attached hydrogen (secondary N) is 1. The Balaban J connectivity index is 1.90. The number of methoxy groups -OCH3 is 1. The summed E-state index contributed by atoms with van der Waals surface area (Å²) in [4.78, 5) is 19.3. The molecule has 2 aromatic heterocycles. The predicted octanol–water partition coefficient (Wildman–Crippen LogP) is 1.21. The maximum absolute atomic E-state index is 11.3. The summed E-state index contributed by atoms with van der Waals surface area (Å²) in [6.45, 7) is 2.37. The minimum Gasteiger partial charge on any atom is -0.464 e. The van der Waals surface area contributed by atoms with Crippen LogP contribution in [0.1, 0.15) is 22.2 Å². The summed E-state index contributed by atoms with van der Waals surface area (Å²) >= 11 is 0. The number of carbonyl (C=O) groups is 1. The van der Waals surface area contributed by atoms with Crippen LogP contribution in [-0.4, -0.2) is 34.7 Å². The van der Waals surface area contributed by atoms with Gasteiger partial charge < -0.3 is 14.6 Å². The Kier molecular flexibility index (Phi) is 4.07. The molecule has 0 saturated carbocycles. The third-order valence-electron chi connectivity index (χ3n) is 2.40. The third kappa shape index (κ3) is 3.51. The molecule has 2 aromatic rings. The van der Waals surface area contributed by atoms with E-state index in [1.807, 2.05) is 0 Å². The van der Waals surface area contributed by atoms with Crippen LogP contribution >= 0.6 is 0 Å². The van der Waals surface area contributed by atoms with Crippen LogP contribution in [0.5, 0.6) is 0 Å². The van der Waals surface area contributed by atoms with Gasteiger partial charge in [0, 0.05) is 31.8 Å². The van der Waals surface area contributed by atoms with E-state index in [1.54, 1.807) is 25.3 Å². The molecule has 7 heteroatoms. The predicted molar refractivity (Wildman–Crippen MR) is 66.8 cm³/mol. The van der Waals surface area contributed by atoms with E-state index in [2.05, 4.69) is 25.2 Å². The zero-order valence-corrected chi connectivity index (χ0v) is 10.7. The highest BCUT2D eigenvalue weighted by molar-refractivity contribution is 5.88. The van der Waals surface area contributed by atoms with E-state index < -0.39 is 5.97 Å². The molecule has 19 heavy (non-hydrogen) atoms. The highest BCUT2D eigenvalue weighted by Crippen LogP contribution is 2.09. The van der Waals surface area contributed by atoms with Crippen molar-refractivity contribution in [2.45, 2.75) is 13.3 Å². The highest BCUT2D eigenvalue weighted by Gasteiger charge is 2.07. The second kappa shape index (κ2) is 5.94. The Bertz CT molecular complexity index is 568. The van der Waals surface area contributed by atoms with Crippen molar-refractivity contribution < 1.29 is 14.1 Å². The summed E-state index contributed by atoms with van der Waals surface area (Å²) < 4.78 is 9.48. The molecule has 0 aromatic carbocycles. The van der Waals surface area contributed by atoms with Crippen molar-refractivity contribution in [2.75, 3.05) is 19.0 Å². The molecule has 2 rings (SSSR count). The minimum absolute atomic E-state index is 0.267. The van der Waals surface area contributed by atoms with Gasteiger partial charge in [-0.15, -0.1) is 0 Å². The minimum atomic E-state index is -0.461. The quantitative estimate of drug-likeness (QED) is 0.810. The van der Waals surface area contributed by atoms with Crippen molar-refractivity contribution in [3.63, 3.8) is 0 Å². The van der Waals surface area contributed by atoms with Crippen LogP contribution in [0.25, 0.3) is 0 Å². The molecule has 1 N–H and O–H groups in total. The van der Waals surface area contributed by atoms with Gasteiger partial charge in [0.05, 0.1) is 7.11 Å². The number of rotatable bonds is 5. The lowest BCUT2D eigenvalue weighted by molar-refractivity contribution is 0.0594. The van der Waals surface area contributed by atoms with E-state index in [-0.39, 0.29) is 5.69 Å². The maximum atomic E-state index is 11.3. The lowest BCUT2D eigenvalue weighted by Gasteiger charge is -2.05. The van der Waals surface area contributed by atoms with Gasteiger partial charge in [-0.2, -0.15) is 4.98 Å². The number of hydrogen-bond donors (Lipinski definition) is 1. The fourth-order valence-corrected chi connectivity index (χ4v) is 1.52. The van der Waals surface area contributed by atoms with Crippen molar-refractivity contribution in [3.8, 4) is 0 Å². The maximum Gasteiger partial charge on any atom is 0.356 e. The van der Waals surface area contributed by atoms with Gasteiger partial charge >= 0.3 is 5.97 Å². The molecule has 0 aliphatic rings. The number of hydrogen-bond acceptors (Lipinski definition) is 7. The van der Waals surface area contributed by atoms with Gasteiger partial charge in [0.15, 0.2) is 5.82 Å². The van der Waals surface area contributed by atoms with E-state index in [9.17, 15) is 4.79 Å². The van der Waals surface area contributed by atoms with Crippen LogP contribution in [-0.2, 0) is 11.2 Å². The molecule has 0 unspecified atom stereocenters. The molecule has 0 fully saturated rings. The summed E-state index contributed by atoms with van der Waals surface area (Å²) in [5.41, 5.74) is 1.05. The molecule has 0 bridgehead atoms. The number of carbonyl (C=O) groups excluding carboxylic acids is 1. The first-order valence-corrected chi connectivity index (χ1v) is 5.76. The van der Waals surface area contributed by atoms with E-state index >= 15 is 0 Å². The van der Waals surface area contributed by atoms with Crippen LogP contribution < -0.4 is 5.32 Å². The summed E-state index contributed by atoms with van der Waals surface area (Å²) in [6.07, 6.45) is 2.18. The monoisotopic (exact) mass is 262 g/mol. The Hall–Kier alpha value is -2.44. The van der Waals surface area contributed by atoms with Crippen molar-refractivity contribution in [1.29, 1.82) is 0 Å². The zero-order valence-electron chi connectivity index (χ0n) is 10.7. The van der Waals surface area contributed by atoms with Crippen molar-refractivity contribution in [3.05, 3.63) is 35.7 Å². The van der Waals surface area contributed by atoms with Crippen LogP contribution in [0.3, 0.4) is 0 Å². The molecule has 2 heterocycles. The number of ether oxygens (including phenoxy) is 1. The number of aryl methyl sites for hydroxylation is 1. The van der Waals surface area contributed by atoms with E-state index in [0.29, 0.717) is 24.7 Å². The Morgan fingerprint density at radius 1 is 1.53 bits per heavy atom. The number of esters is 1. The molecule has 0 spiro atoms. The summed E-state index contributed by atoms with van der Waals surface area (Å²) in [6, 6.07) is 3.40. The van der Waals surface area contributed by atoms with Crippen LogP contribution in [0.15, 0.2) is 22.9 Å². The van der Waals surface area contributed by atoms with Gasteiger partial charge in [-0.3, -0.25) is 0 Å². The summed E-state index contributed by atoms with van der Waals surface area (Å²) in [5.74, 6) is 0.733. The molecule has 0 amide bonds. The van der Waals surface area contributed by atoms with Gasteiger partial charge in [0.1, 0.15) is 5.69 Å². The zero-order chi connectivity index (χ0) is 13.7. The molecule has 100 valence electrons. The summed E-state index contributed by atoms with van der Waals surface area (Å²) in [5, 5.41) is 6.95. The normalized spacial score (nSPS) is 10.2. The Labute approximate surface area is 110 Å². The number of pyridine rings is 1. The van der Waals surface area contributed by atoms with Gasteiger partial charge in [0.25, 0.3) is 0 Å². The number of anilines is 1. The SMILES string of the molecule is COC(=O)c1cc(NCCc2noc(C)n2)ccn1. The standard InChI is InChI=1S/C12H14N4O3/c1-8-15-11(16-19-8)4-6-13-9-3-5-14-10(7-9)12(17)18-2/h3,5,7H,4,6H2,1-2H3,(H,13,14). The van der Waals surface area contributed by atoms with Gasteiger partial charge in [-0.05, 0) is 12.1 Å². The molecule has 0 radical (unpaired) electrons. The van der Waals surface area contributed by atoms with Crippen LogP contribution in [0, 0.1) is 6.92 Å². The average Bonchev–Trinajstić information content (AvgIpc) is 2.84. The van der Waals surface area contributed by atoms with E-state index in [4.69, 9.17) is 4.52 Å². The topological polar surface area (TPSA) is 90.1 Å². The van der Waals surface area contributed by atoms with E-state index in [1.165, 1.54) is 7.11 Å². The van der Waals surface area contributed by atoms with Gasteiger partial charge in [-0.1, -0.05) is 5.16 Å². The number of aromatic nitrogens is 3. The van der Waals surface area contributed by atoms with Crippen LogP contribution in [0.2, 0.25) is 0 Å². The lowest BCUT2D eigenvalue weighted by Crippen LogP contribution is -2.08. The van der Waals surface area contributed by atoms with Crippen molar-refractivity contribution in [1.82, 2.24) is 15.1 Å². The van der Waals surface area contributed by atoms with Gasteiger partial charge in [0.2, 0.25) is 5.89 Å². The molecular formula is C12H14N4O3. The lowest BCUT2D eigenvalue weighted by atomic mass is 10.3. The Morgan fingerprint density at radius 3 is 3.05 bits per heavy atom. The molecular weight excluding hydrogens is 248 g/mol. The fraction of sp³-hybridized carbons (Fsp3) is 0.333. The molecule has 0 aliphatic carbocycles. The largest absolute Gasteiger partial charge is 0.464 e. The highest BCUT2D eigenvalue weighted by atomic mass is 16.5. The van der Waals surface area contributed by atoms with Gasteiger partial charge in [-0.25, -0.2) is 9.78 Å². The first-order chi connectivity index (χ1) is 9.19. The second-order valence-corrected chi connectivity index (χ2v) is 3.83. The van der Waals surface area contributed by atoms with Crippen molar-refractivity contribution >= 4 is 11.7 Å². The first kappa shape index (κ1) is 13.0. The summed E-state index contributed by atoms with van der Waals surface area (Å²) in [7, 11) is 1.32. The molecule has 7 nitrogen and oxygen atoms in total. The second-order valence-electron chi connectivity index (χ2n) is 3.83. The third-order valence-corrected chi connectivity index (χ3v) is 2.40. The van der Waals surface area contributed by atoms with Crippen LogP contribution in [0.4, 0.5) is 5.69 Å². The first-order valence-electron chi connectivity index (χ1n) is 5.76. The van der Waals surface area contributed by atoms with E-state index in [0.717, 1.165) is 5.69 Å². The molecule has 0 atom stereocenters. The fourth-order valence-electron chi connectivity index (χ4n) is 1.52. The molecule has 0 aliphatic heterocycles. The smallest absolute Gasteiger partial charge is 0.356 e. The average molecular weight is 262 g/mol. The Morgan fingerprint density at radius 2 is 2.37 bits per heavy atom.